The molecule has 1 atom stereocenters. The third-order valence-electron chi connectivity index (χ3n) is 6.21. The molecular weight excluding hydrogens is 499 g/mol. The van der Waals surface area contributed by atoms with Gasteiger partial charge in [0, 0.05) is 5.56 Å². The second-order valence-electron chi connectivity index (χ2n) is 8.41. The minimum absolute atomic E-state index is 0.111. The van der Waals surface area contributed by atoms with Gasteiger partial charge in [0.05, 0.1) is 28.9 Å². The number of aliphatic hydroxyl groups excluding tert-OH is 1. The van der Waals surface area contributed by atoms with Crippen LogP contribution in [0.5, 0.6) is 17.2 Å². The molecule has 1 amide bonds. The molecular formula is C27H19FN2O6S. The Morgan fingerprint density at radius 1 is 1.08 bits per heavy atom. The van der Waals surface area contributed by atoms with Crippen LogP contribution >= 0.6 is 11.3 Å². The van der Waals surface area contributed by atoms with Gasteiger partial charge in [-0.15, -0.1) is 0 Å². The van der Waals surface area contributed by atoms with E-state index in [2.05, 4.69) is 4.98 Å². The third-order valence-corrected chi connectivity index (χ3v) is 7.23. The summed E-state index contributed by atoms with van der Waals surface area (Å²) in [5.41, 5.74) is 1.20. The van der Waals surface area contributed by atoms with Crippen LogP contribution in [0, 0.1) is 5.82 Å². The molecule has 2 aliphatic heterocycles. The number of halogens is 1. The van der Waals surface area contributed by atoms with Gasteiger partial charge >= 0.3 is 5.91 Å². The molecule has 0 saturated carbocycles. The molecule has 0 radical (unpaired) electrons. The first kappa shape index (κ1) is 23.0. The number of nitrogens with zero attached hydrogens (tertiary/aromatic N) is 2. The van der Waals surface area contributed by atoms with E-state index in [1.807, 2.05) is 0 Å². The maximum atomic E-state index is 13.8. The Kier molecular flexibility index (Phi) is 5.53. The SMILES string of the molecule is COc1cccc(C2C(=C(O)c3ccc4c(c3)OCCO4)C(=O)C(=O)N2c2nc3ccc(F)cc3s2)c1. The van der Waals surface area contributed by atoms with Crippen molar-refractivity contribution in [1.82, 2.24) is 4.98 Å². The van der Waals surface area contributed by atoms with Gasteiger partial charge in [0.15, 0.2) is 16.6 Å². The molecule has 8 nitrogen and oxygen atoms in total. The van der Waals surface area contributed by atoms with Gasteiger partial charge in [-0.3, -0.25) is 14.5 Å². The van der Waals surface area contributed by atoms with Crippen molar-refractivity contribution in [2.24, 2.45) is 0 Å². The zero-order chi connectivity index (χ0) is 25.7. The van der Waals surface area contributed by atoms with Gasteiger partial charge in [-0.2, -0.15) is 0 Å². The largest absolute Gasteiger partial charge is 0.507 e. The molecule has 0 aliphatic carbocycles. The van der Waals surface area contributed by atoms with Crippen LogP contribution in [0.15, 0.2) is 66.2 Å². The van der Waals surface area contributed by atoms with Crippen LogP contribution in [0.4, 0.5) is 9.52 Å². The number of aromatic nitrogens is 1. The highest BCUT2D eigenvalue weighted by Gasteiger charge is 2.48. The molecule has 0 bridgehead atoms. The molecule has 6 rings (SSSR count). The van der Waals surface area contributed by atoms with Crippen molar-refractivity contribution >= 4 is 44.1 Å². The van der Waals surface area contributed by atoms with Gasteiger partial charge in [-0.05, 0) is 54.1 Å². The summed E-state index contributed by atoms with van der Waals surface area (Å²) in [6, 6.07) is 14.8. The molecule has 37 heavy (non-hydrogen) atoms. The van der Waals surface area contributed by atoms with Crippen molar-refractivity contribution in [3.8, 4) is 17.2 Å². The van der Waals surface area contributed by atoms with E-state index in [0.29, 0.717) is 51.8 Å². The van der Waals surface area contributed by atoms with E-state index in [1.165, 1.54) is 30.2 Å². The average molecular weight is 519 g/mol. The molecule has 2 aliphatic rings. The molecule has 3 aromatic carbocycles. The minimum Gasteiger partial charge on any atom is -0.507 e. The molecule has 1 saturated heterocycles. The summed E-state index contributed by atoms with van der Waals surface area (Å²) in [5, 5.41) is 11.6. The smallest absolute Gasteiger partial charge is 0.301 e. The number of ketones is 1. The summed E-state index contributed by atoms with van der Waals surface area (Å²) in [6.45, 7) is 0.759. The number of carbonyl (C=O) groups excluding carboxylic acids is 2. The molecule has 1 N–H and O–H groups in total. The lowest BCUT2D eigenvalue weighted by Crippen LogP contribution is -2.29. The Bertz CT molecular complexity index is 1610. The van der Waals surface area contributed by atoms with Crippen LogP contribution in [-0.2, 0) is 9.59 Å². The zero-order valence-electron chi connectivity index (χ0n) is 19.4. The predicted octanol–water partition coefficient (Wildman–Crippen LogP) is 4.84. The van der Waals surface area contributed by atoms with E-state index in [1.54, 1.807) is 42.5 Å². The number of benzene rings is 3. The topological polar surface area (TPSA) is 98.2 Å². The van der Waals surface area contributed by atoms with Crippen molar-refractivity contribution in [1.29, 1.82) is 0 Å². The average Bonchev–Trinajstić information content (AvgIpc) is 3.45. The minimum atomic E-state index is -1.01. The van der Waals surface area contributed by atoms with Crippen LogP contribution in [0.3, 0.4) is 0 Å². The number of hydrogen-bond acceptors (Lipinski definition) is 8. The van der Waals surface area contributed by atoms with Crippen LogP contribution in [0.2, 0.25) is 0 Å². The Balaban J connectivity index is 1.55. The maximum Gasteiger partial charge on any atom is 0.301 e. The fraction of sp³-hybridized carbons (Fsp3) is 0.148. The Morgan fingerprint density at radius 2 is 1.89 bits per heavy atom. The number of rotatable bonds is 4. The van der Waals surface area contributed by atoms with Crippen LogP contribution in [0.25, 0.3) is 16.0 Å². The van der Waals surface area contributed by atoms with Gasteiger partial charge in [0.2, 0.25) is 0 Å². The Morgan fingerprint density at radius 3 is 2.70 bits per heavy atom. The van der Waals surface area contributed by atoms with E-state index in [4.69, 9.17) is 14.2 Å². The molecule has 1 aromatic heterocycles. The van der Waals surface area contributed by atoms with E-state index < -0.39 is 23.5 Å². The lowest BCUT2D eigenvalue weighted by molar-refractivity contribution is -0.132. The summed E-state index contributed by atoms with van der Waals surface area (Å²) in [5.74, 6) is -1.07. The van der Waals surface area contributed by atoms with Crippen LogP contribution < -0.4 is 19.1 Å². The molecule has 0 spiro atoms. The second kappa shape index (κ2) is 8.90. The van der Waals surface area contributed by atoms with Gasteiger partial charge < -0.3 is 19.3 Å². The van der Waals surface area contributed by atoms with Gasteiger partial charge in [0.25, 0.3) is 5.78 Å². The quantitative estimate of drug-likeness (QED) is 0.235. The van der Waals surface area contributed by atoms with Crippen molar-refractivity contribution in [2.75, 3.05) is 25.2 Å². The molecule has 186 valence electrons. The number of Topliss-reactive ketones (excluding diaryl/α,β-unsaturated/α-hetero) is 1. The van der Waals surface area contributed by atoms with Gasteiger partial charge in [0.1, 0.15) is 30.5 Å². The van der Waals surface area contributed by atoms with Crippen LogP contribution in [0.1, 0.15) is 17.2 Å². The molecule has 1 unspecified atom stereocenters. The highest BCUT2D eigenvalue weighted by atomic mass is 32.1. The summed E-state index contributed by atoms with van der Waals surface area (Å²) < 4.78 is 30.9. The monoisotopic (exact) mass is 518 g/mol. The summed E-state index contributed by atoms with van der Waals surface area (Å²) >= 11 is 1.08. The molecule has 1 fully saturated rings. The van der Waals surface area contributed by atoms with Crippen LogP contribution in [-0.4, -0.2) is 42.1 Å². The first-order chi connectivity index (χ1) is 17.9. The number of thiazole rings is 1. The number of methoxy groups -OCH3 is 1. The van der Waals surface area contributed by atoms with Gasteiger partial charge in [-0.1, -0.05) is 23.5 Å². The molecule has 10 heteroatoms. The van der Waals surface area contributed by atoms with E-state index in [0.717, 1.165) is 11.3 Å². The standard InChI is InChI=1S/C27H19FN2O6S/c1-34-17-4-2-3-14(11-17)23-22(24(31)15-5-8-19-20(12-15)36-10-9-35-19)25(32)26(33)30(23)27-29-18-7-6-16(28)13-21(18)37-27/h2-8,11-13,23,31H,9-10H2,1H3. The summed E-state index contributed by atoms with van der Waals surface area (Å²) in [6.07, 6.45) is 0. The zero-order valence-corrected chi connectivity index (χ0v) is 20.3. The number of carbonyl (C=O) groups is 2. The van der Waals surface area contributed by atoms with Crippen molar-refractivity contribution in [2.45, 2.75) is 6.04 Å². The fourth-order valence-corrected chi connectivity index (χ4v) is 5.51. The number of hydrogen-bond donors (Lipinski definition) is 1. The van der Waals surface area contributed by atoms with Crippen molar-refractivity contribution in [3.63, 3.8) is 0 Å². The number of anilines is 1. The molecule has 3 heterocycles. The first-order valence-corrected chi connectivity index (χ1v) is 12.2. The lowest BCUT2D eigenvalue weighted by atomic mass is 9.95. The number of aliphatic hydroxyl groups is 1. The second-order valence-corrected chi connectivity index (χ2v) is 9.42. The van der Waals surface area contributed by atoms with E-state index >= 15 is 0 Å². The highest BCUT2D eigenvalue weighted by Crippen LogP contribution is 2.45. The Labute approximate surface area is 214 Å². The highest BCUT2D eigenvalue weighted by molar-refractivity contribution is 7.22. The van der Waals surface area contributed by atoms with Crippen molar-refractivity contribution < 1.29 is 33.3 Å². The predicted molar refractivity (Wildman–Crippen MR) is 135 cm³/mol. The lowest BCUT2D eigenvalue weighted by Gasteiger charge is -2.23. The normalized spacial score (nSPS) is 18.4. The summed E-state index contributed by atoms with van der Waals surface area (Å²) in [4.78, 5) is 32.6. The molecule has 4 aromatic rings. The number of fused-ring (bicyclic) bond motifs is 2. The van der Waals surface area contributed by atoms with E-state index in [-0.39, 0.29) is 16.5 Å². The maximum absolute atomic E-state index is 13.8. The number of ether oxygens (including phenoxy) is 3. The van der Waals surface area contributed by atoms with Crippen molar-refractivity contribution in [3.05, 3.63) is 83.2 Å². The van der Waals surface area contributed by atoms with Gasteiger partial charge in [-0.25, -0.2) is 9.37 Å². The third kappa shape index (κ3) is 3.86. The Hall–Kier alpha value is -4.44. The number of amides is 1. The fourth-order valence-electron chi connectivity index (χ4n) is 4.49. The summed E-state index contributed by atoms with van der Waals surface area (Å²) in [7, 11) is 1.51. The first-order valence-electron chi connectivity index (χ1n) is 11.4. The van der Waals surface area contributed by atoms with E-state index in [9.17, 15) is 19.1 Å².